The quantitative estimate of drug-likeness (QED) is 0.454. The Morgan fingerprint density at radius 2 is 1.88 bits per heavy atom. The number of nitrogens with zero attached hydrogens (tertiary/aromatic N) is 4. The van der Waals surface area contributed by atoms with Crippen molar-refractivity contribution in [2.24, 2.45) is 0 Å². The highest BCUT2D eigenvalue weighted by molar-refractivity contribution is 5.81. The van der Waals surface area contributed by atoms with Gasteiger partial charge in [-0.2, -0.15) is 5.10 Å². The number of rotatable bonds is 5. The van der Waals surface area contributed by atoms with Crippen molar-refractivity contribution in [2.45, 2.75) is 65.6 Å². The van der Waals surface area contributed by atoms with Crippen molar-refractivity contribution in [2.75, 3.05) is 6.61 Å². The lowest BCUT2D eigenvalue weighted by Crippen LogP contribution is -2.49. The molecule has 138 valence electrons. The van der Waals surface area contributed by atoms with Crippen molar-refractivity contribution in [3.05, 3.63) is 21.5 Å². The molecule has 0 aromatic carbocycles. The van der Waals surface area contributed by atoms with Crippen LogP contribution in [0.5, 0.6) is 0 Å². The number of likely N-dealkylation sites (tertiary alicyclic amines) is 1. The van der Waals surface area contributed by atoms with Gasteiger partial charge in [-0.15, -0.1) is 0 Å². The van der Waals surface area contributed by atoms with Crippen LogP contribution in [0.4, 0.5) is 5.69 Å². The standard InChI is InChI=1S/C16H24N4O5/c1-10-6-5-7-11(2)19(10)14(21)9-25-15(22)8-18-13(4)16(20(23)24)12(3)17-18/h10-11H,5-9H2,1-4H3/t10-,11-/m0/s1. The fourth-order valence-electron chi connectivity index (χ4n) is 3.40. The summed E-state index contributed by atoms with van der Waals surface area (Å²) in [6.07, 6.45) is 2.97. The molecule has 1 amide bonds. The number of aryl methyl sites for hydroxylation is 1. The zero-order valence-electron chi connectivity index (χ0n) is 15.0. The van der Waals surface area contributed by atoms with E-state index >= 15 is 0 Å². The third-order valence-corrected chi connectivity index (χ3v) is 4.64. The first-order valence-corrected chi connectivity index (χ1v) is 8.37. The van der Waals surface area contributed by atoms with Crippen molar-refractivity contribution >= 4 is 17.6 Å². The molecular formula is C16H24N4O5. The first kappa shape index (κ1) is 18.9. The lowest BCUT2D eigenvalue weighted by molar-refractivity contribution is -0.386. The molecule has 0 unspecified atom stereocenters. The molecule has 0 radical (unpaired) electrons. The highest BCUT2D eigenvalue weighted by Crippen LogP contribution is 2.23. The van der Waals surface area contributed by atoms with E-state index in [1.165, 1.54) is 18.5 Å². The number of hydrogen-bond donors (Lipinski definition) is 0. The topological polar surface area (TPSA) is 108 Å². The normalized spacial score (nSPS) is 20.4. The largest absolute Gasteiger partial charge is 0.454 e. The summed E-state index contributed by atoms with van der Waals surface area (Å²) in [6, 6.07) is 0.266. The number of esters is 1. The van der Waals surface area contributed by atoms with Crippen LogP contribution in [0.2, 0.25) is 0 Å². The Morgan fingerprint density at radius 3 is 2.40 bits per heavy atom. The second-order valence-corrected chi connectivity index (χ2v) is 6.52. The summed E-state index contributed by atoms with van der Waals surface area (Å²) in [4.78, 5) is 36.5. The van der Waals surface area contributed by atoms with Crippen LogP contribution in [-0.2, 0) is 20.9 Å². The second kappa shape index (κ2) is 7.62. The van der Waals surface area contributed by atoms with Crippen LogP contribution >= 0.6 is 0 Å². The van der Waals surface area contributed by atoms with Gasteiger partial charge in [-0.25, -0.2) is 0 Å². The van der Waals surface area contributed by atoms with Crippen LogP contribution < -0.4 is 0 Å². The van der Waals surface area contributed by atoms with Gasteiger partial charge in [-0.1, -0.05) is 0 Å². The molecule has 0 aliphatic carbocycles. The summed E-state index contributed by atoms with van der Waals surface area (Å²) >= 11 is 0. The van der Waals surface area contributed by atoms with E-state index < -0.39 is 10.9 Å². The minimum absolute atomic E-state index is 0.111. The van der Waals surface area contributed by atoms with Gasteiger partial charge < -0.3 is 9.64 Å². The van der Waals surface area contributed by atoms with Gasteiger partial charge in [0, 0.05) is 12.1 Å². The molecule has 2 rings (SSSR count). The minimum atomic E-state index is -0.647. The summed E-state index contributed by atoms with van der Waals surface area (Å²) in [5.41, 5.74) is 0.409. The number of amides is 1. The Labute approximate surface area is 146 Å². The molecule has 1 aromatic rings. The number of ether oxygens (including phenoxy) is 1. The maximum Gasteiger partial charge on any atom is 0.328 e. The summed E-state index contributed by atoms with van der Waals surface area (Å²) in [5.74, 6) is -0.862. The van der Waals surface area contributed by atoms with Gasteiger partial charge in [0.2, 0.25) is 0 Å². The molecule has 9 nitrogen and oxygen atoms in total. The van der Waals surface area contributed by atoms with E-state index in [-0.39, 0.29) is 48.2 Å². The second-order valence-electron chi connectivity index (χ2n) is 6.52. The van der Waals surface area contributed by atoms with Crippen molar-refractivity contribution in [3.63, 3.8) is 0 Å². The molecule has 1 saturated heterocycles. The highest BCUT2D eigenvalue weighted by atomic mass is 16.6. The maximum absolute atomic E-state index is 12.3. The van der Waals surface area contributed by atoms with Crippen LogP contribution in [0.15, 0.2) is 0 Å². The van der Waals surface area contributed by atoms with Gasteiger partial charge in [-0.3, -0.25) is 24.4 Å². The average molecular weight is 352 g/mol. The monoisotopic (exact) mass is 352 g/mol. The maximum atomic E-state index is 12.3. The van der Waals surface area contributed by atoms with E-state index in [9.17, 15) is 19.7 Å². The van der Waals surface area contributed by atoms with E-state index in [2.05, 4.69) is 5.10 Å². The van der Waals surface area contributed by atoms with Gasteiger partial charge in [0.05, 0.1) is 4.92 Å². The molecule has 0 spiro atoms. The van der Waals surface area contributed by atoms with Crippen molar-refractivity contribution in [3.8, 4) is 0 Å². The van der Waals surface area contributed by atoms with E-state index in [4.69, 9.17) is 4.74 Å². The Kier molecular flexibility index (Phi) is 5.76. The average Bonchev–Trinajstić information content (AvgIpc) is 2.79. The van der Waals surface area contributed by atoms with Crippen LogP contribution in [0.3, 0.4) is 0 Å². The lowest BCUT2D eigenvalue weighted by Gasteiger charge is -2.38. The molecule has 25 heavy (non-hydrogen) atoms. The first-order chi connectivity index (χ1) is 11.7. The predicted octanol–water partition coefficient (Wildman–Crippen LogP) is 1.74. The Morgan fingerprint density at radius 1 is 1.28 bits per heavy atom. The van der Waals surface area contributed by atoms with Gasteiger partial charge in [-0.05, 0) is 47.0 Å². The van der Waals surface area contributed by atoms with Crippen molar-refractivity contribution < 1.29 is 19.2 Å². The Balaban J connectivity index is 1.94. The molecule has 1 fully saturated rings. The zero-order valence-corrected chi connectivity index (χ0v) is 15.0. The van der Waals surface area contributed by atoms with Gasteiger partial charge in [0.25, 0.3) is 5.91 Å². The van der Waals surface area contributed by atoms with Crippen molar-refractivity contribution in [1.82, 2.24) is 14.7 Å². The number of aromatic nitrogens is 2. The third kappa shape index (κ3) is 4.15. The smallest absolute Gasteiger partial charge is 0.328 e. The SMILES string of the molecule is Cc1nn(CC(=O)OCC(=O)N2[C@@H](C)CCC[C@@H]2C)c(C)c1[N+](=O)[O-]. The molecule has 2 heterocycles. The number of carbonyl (C=O) groups excluding carboxylic acids is 2. The molecule has 0 saturated carbocycles. The predicted molar refractivity (Wildman–Crippen MR) is 88.9 cm³/mol. The van der Waals surface area contributed by atoms with Crippen LogP contribution in [0.1, 0.15) is 44.5 Å². The summed E-state index contributed by atoms with van der Waals surface area (Å²) < 4.78 is 6.29. The highest BCUT2D eigenvalue weighted by Gasteiger charge is 2.29. The van der Waals surface area contributed by atoms with Crippen molar-refractivity contribution in [1.29, 1.82) is 0 Å². The number of piperidine rings is 1. The Bertz CT molecular complexity index is 674. The minimum Gasteiger partial charge on any atom is -0.454 e. The molecule has 0 N–H and O–H groups in total. The Hall–Kier alpha value is -2.45. The molecule has 2 atom stereocenters. The molecule has 1 aromatic heterocycles. The van der Waals surface area contributed by atoms with E-state index in [1.54, 1.807) is 4.90 Å². The lowest BCUT2D eigenvalue weighted by atomic mass is 9.97. The fourth-order valence-corrected chi connectivity index (χ4v) is 3.40. The molecule has 0 bridgehead atoms. The van der Waals surface area contributed by atoms with Gasteiger partial charge in [0.15, 0.2) is 6.61 Å². The first-order valence-electron chi connectivity index (χ1n) is 8.37. The number of hydrogen-bond acceptors (Lipinski definition) is 6. The third-order valence-electron chi connectivity index (χ3n) is 4.64. The number of nitro groups is 1. The molecule has 1 aliphatic rings. The van der Waals surface area contributed by atoms with E-state index in [0.717, 1.165) is 19.3 Å². The fraction of sp³-hybridized carbons (Fsp3) is 0.688. The van der Waals surface area contributed by atoms with E-state index in [1.807, 2.05) is 13.8 Å². The summed E-state index contributed by atoms with van der Waals surface area (Å²) in [5, 5.41) is 15.0. The molecular weight excluding hydrogens is 328 g/mol. The zero-order chi connectivity index (χ0) is 18.7. The molecule has 9 heteroatoms. The number of carbonyl (C=O) groups is 2. The van der Waals surface area contributed by atoms with Crippen LogP contribution in [0.25, 0.3) is 0 Å². The summed E-state index contributed by atoms with van der Waals surface area (Å²) in [7, 11) is 0. The summed E-state index contributed by atoms with van der Waals surface area (Å²) in [6.45, 7) is 6.42. The molecule has 1 aliphatic heterocycles. The van der Waals surface area contributed by atoms with Gasteiger partial charge in [0.1, 0.15) is 17.9 Å². The van der Waals surface area contributed by atoms with Crippen LogP contribution in [0, 0.1) is 24.0 Å². The van der Waals surface area contributed by atoms with E-state index in [0.29, 0.717) is 0 Å². The van der Waals surface area contributed by atoms with Crippen LogP contribution in [-0.4, -0.2) is 50.2 Å². The van der Waals surface area contributed by atoms with Gasteiger partial charge >= 0.3 is 11.7 Å².